The Balaban J connectivity index is 1.65. The summed E-state index contributed by atoms with van der Waals surface area (Å²) in [5.41, 5.74) is 1.30. The Hall–Kier alpha value is -1.92. The molecule has 0 aliphatic carbocycles. The maximum atomic E-state index is 12.1. The summed E-state index contributed by atoms with van der Waals surface area (Å²) < 4.78 is 6.27. The number of anilines is 2. The van der Waals surface area contributed by atoms with E-state index in [-0.39, 0.29) is 5.91 Å². The number of hydrogen-bond donors (Lipinski definition) is 1. The molecule has 114 valence electrons. The highest BCUT2D eigenvalue weighted by atomic mass is 79.9. The average Bonchev–Trinajstić information content (AvgIpc) is 2.57. The molecule has 22 heavy (non-hydrogen) atoms. The Morgan fingerprint density at radius 1 is 1.14 bits per heavy atom. The first kappa shape index (κ1) is 15.0. The summed E-state index contributed by atoms with van der Waals surface area (Å²) in [5.74, 6) is 0.762. The van der Waals surface area contributed by atoms with Gasteiger partial charge in [0.15, 0.2) is 0 Å². The van der Waals surface area contributed by atoms with Crippen LogP contribution in [-0.4, -0.2) is 37.2 Å². The number of hydrogen-bond acceptors (Lipinski definition) is 4. The monoisotopic (exact) mass is 361 g/mol. The standard InChI is InChI=1S/C16H16BrN3O2/c17-13-3-1-12(2-4-13)16(21)19-14-5-6-15(18-11-14)20-7-9-22-10-8-20/h1-6,11H,7-10H2,(H,19,21). The third kappa shape index (κ3) is 3.64. The van der Waals surface area contributed by atoms with E-state index in [0.29, 0.717) is 11.3 Å². The molecule has 1 aliphatic rings. The van der Waals surface area contributed by atoms with E-state index in [1.165, 1.54) is 0 Å². The van der Waals surface area contributed by atoms with Gasteiger partial charge in [0.1, 0.15) is 5.82 Å². The van der Waals surface area contributed by atoms with Crippen LogP contribution in [0.5, 0.6) is 0 Å². The minimum atomic E-state index is -0.145. The predicted molar refractivity (Wildman–Crippen MR) is 89.4 cm³/mol. The van der Waals surface area contributed by atoms with E-state index in [9.17, 15) is 4.79 Å². The number of rotatable bonds is 3. The van der Waals surface area contributed by atoms with Crippen molar-refractivity contribution in [2.45, 2.75) is 0 Å². The van der Waals surface area contributed by atoms with Crippen molar-refractivity contribution < 1.29 is 9.53 Å². The van der Waals surface area contributed by atoms with E-state index in [2.05, 4.69) is 31.1 Å². The zero-order chi connectivity index (χ0) is 15.4. The summed E-state index contributed by atoms with van der Waals surface area (Å²) in [6.45, 7) is 3.14. The van der Waals surface area contributed by atoms with Crippen LogP contribution in [0.2, 0.25) is 0 Å². The zero-order valence-corrected chi connectivity index (χ0v) is 13.5. The Kier molecular flexibility index (Phi) is 4.70. The van der Waals surface area contributed by atoms with Crippen molar-refractivity contribution in [3.8, 4) is 0 Å². The quantitative estimate of drug-likeness (QED) is 0.912. The molecule has 0 radical (unpaired) electrons. The van der Waals surface area contributed by atoms with Gasteiger partial charge in [-0.2, -0.15) is 0 Å². The fourth-order valence-electron chi connectivity index (χ4n) is 2.24. The Bertz CT molecular complexity index is 637. The van der Waals surface area contributed by atoms with Crippen LogP contribution >= 0.6 is 15.9 Å². The molecule has 1 amide bonds. The first-order valence-electron chi connectivity index (χ1n) is 7.08. The normalized spacial score (nSPS) is 14.7. The fourth-order valence-corrected chi connectivity index (χ4v) is 2.51. The molecule has 1 aromatic heterocycles. The molecule has 2 heterocycles. The van der Waals surface area contributed by atoms with Gasteiger partial charge < -0.3 is 15.0 Å². The molecule has 2 aromatic rings. The lowest BCUT2D eigenvalue weighted by Crippen LogP contribution is -2.36. The molecule has 1 N–H and O–H groups in total. The Morgan fingerprint density at radius 2 is 1.86 bits per heavy atom. The molecule has 0 unspecified atom stereocenters. The van der Waals surface area contributed by atoms with Crippen molar-refractivity contribution >= 4 is 33.3 Å². The molecule has 0 bridgehead atoms. The summed E-state index contributed by atoms with van der Waals surface area (Å²) >= 11 is 3.35. The van der Waals surface area contributed by atoms with Gasteiger partial charge in [0.25, 0.3) is 5.91 Å². The highest BCUT2D eigenvalue weighted by molar-refractivity contribution is 9.10. The number of morpholine rings is 1. The number of benzene rings is 1. The molecule has 1 fully saturated rings. The maximum Gasteiger partial charge on any atom is 0.255 e. The topological polar surface area (TPSA) is 54.5 Å². The van der Waals surface area contributed by atoms with Gasteiger partial charge in [0.05, 0.1) is 25.1 Å². The summed E-state index contributed by atoms with van der Waals surface area (Å²) in [4.78, 5) is 18.7. The number of halogens is 1. The molecule has 1 aromatic carbocycles. The number of amides is 1. The van der Waals surface area contributed by atoms with Crippen LogP contribution in [0.15, 0.2) is 47.1 Å². The molecule has 5 nitrogen and oxygen atoms in total. The second-order valence-corrected chi connectivity index (χ2v) is 5.88. The summed E-state index contributed by atoms with van der Waals surface area (Å²) in [6, 6.07) is 11.0. The molecule has 6 heteroatoms. The average molecular weight is 362 g/mol. The van der Waals surface area contributed by atoms with E-state index in [0.717, 1.165) is 36.6 Å². The van der Waals surface area contributed by atoms with E-state index >= 15 is 0 Å². The van der Waals surface area contributed by atoms with Crippen molar-refractivity contribution in [2.24, 2.45) is 0 Å². The summed E-state index contributed by atoms with van der Waals surface area (Å²) in [6.07, 6.45) is 1.68. The second kappa shape index (κ2) is 6.89. The smallest absolute Gasteiger partial charge is 0.255 e. The van der Waals surface area contributed by atoms with Crippen LogP contribution in [0, 0.1) is 0 Å². The molecule has 3 rings (SSSR count). The number of carbonyl (C=O) groups is 1. The molecule has 1 saturated heterocycles. The predicted octanol–water partition coefficient (Wildman–Crippen LogP) is 2.93. The lowest BCUT2D eigenvalue weighted by molar-refractivity contribution is 0.102. The number of carbonyl (C=O) groups excluding carboxylic acids is 1. The van der Waals surface area contributed by atoms with Crippen molar-refractivity contribution in [1.29, 1.82) is 0 Å². The number of aromatic nitrogens is 1. The van der Waals surface area contributed by atoms with Crippen molar-refractivity contribution in [2.75, 3.05) is 36.5 Å². The number of nitrogens with one attached hydrogen (secondary N) is 1. The molecular formula is C16H16BrN3O2. The second-order valence-electron chi connectivity index (χ2n) is 4.97. The molecule has 0 atom stereocenters. The fraction of sp³-hybridized carbons (Fsp3) is 0.250. The molecular weight excluding hydrogens is 346 g/mol. The van der Waals surface area contributed by atoms with Gasteiger partial charge in [-0.3, -0.25) is 4.79 Å². The minimum Gasteiger partial charge on any atom is -0.378 e. The van der Waals surface area contributed by atoms with Gasteiger partial charge in [-0.1, -0.05) is 15.9 Å². The summed E-state index contributed by atoms with van der Waals surface area (Å²) in [7, 11) is 0. The lowest BCUT2D eigenvalue weighted by Gasteiger charge is -2.27. The highest BCUT2D eigenvalue weighted by Crippen LogP contribution is 2.17. The van der Waals surface area contributed by atoms with Gasteiger partial charge >= 0.3 is 0 Å². The SMILES string of the molecule is O=C(Nc1ccc(N2CCOCC2)nc1)c1ccc(Br)cc1. The first-order chi connectivity index (χ1) is 10.7. The van der Waals surface area contributed by atoms with Gasteiger partial charge in [-0.05, 0) is 36.4 Å². The van der Waals surface area contributed by atoms with Crippen molar-refractivity contribution in [1.82, 2.24) is 4.98 Å². The van der Waals surface area contributed by atoms with Crippen LogP contribution in [0.3, 0.4) is 0 Å². The highest BCUT2D eigenvalue weighted by Gasteiger charge is 2.12. The minimum absolute atomic E-state index is 0.145. The van der Waals surface area contributed by atoms with E-state index in [4.69, 9.17) is 4.74 Å². The van der Waals surface area contributed by atoms with Crippen LogP contribution in [0.4, 0.5) is 11.5 Å². The first-order valence-corrected chi connectivity index (χ1v) is 7.87. The Morgan fingerprint density at radius 3 is 2.50 bits per heavy atom. The van der Waals surface area contributed by atoms with Crippen molar-refractivity contribution in [3.05, 3.63) is 52.6 Å². The number of ether oxygens (including phenoxy) is 1. The van der Waals surface area contributed by atoms with E-state index in [1.807, 2.05) is 24.3 Å². The van der Waals surface area contributed by atoms with Crippen LogP contribution in [-0.2, 0) is 4.74 Å². The third-order valence-electron chi connectivity index (χ3n) is 3.45. The largest absolute Gasteiger partial charge is 0.378 e. The summed E-state index contributed by atoms with van der Waals surface area (Å²) in [5, 5.41) is 2.85. The van der Waals surface area contributed by atoms with E-state index in [1.54, 1.807) is 18.3 Å². The number of nitrogens with zero attached hydrogens (tertiary/aromatic N) is 2. The van der Waals surface area contributed by atoms with Gasteiger partial charge in [-0.15, -0.1) is 0 Å². The van der Waals surface area contributed by atoms with Gasteiger partial charge in [0, 0.05) is 23.1 Å². The van der Waals surface area contributed by atoms with Crippen molar-refractivity contribution in [3.63, 3.8) is 0 Å². The lowest BCUT2D eigenvalue weighted by atomic mass is 10.2. The van der Waals surface area contributed by atoms with Gasteiger partial charge in [0.2, 0.25) is 0 Å². The van der Waals surface area contributed by atoms with Gasteiger partial charge in [-0.25, -0.2) is 4.98 Å². The number of pyridine rings is 1. The van der Waals surface area contributed by atoms with Crippen LogP contribution in [0.1, 0.15) is 10.4 Å². The Labute approximate surface area is 137 Å². The molecule has 0 saturated carbocycles. The zero-order valence-electron chi connectivity index (χ0n) is 12.0. The van der Waals surface area contributed by atoms with Crippen LogP contribution < -0.4 is 10.2 Å². The maximum absolute atomic E-state index is 12.1. The third-order valence-corrected chi connectivity index (χ3v) is 3.98. The van der Waals surface area contributed by atoms with Crippen LogP contribution in [0.25, 0.3) is 0 Å². The van der Waals surface area contributed by atoms with E-state index < -0.39 is 0 Å². The molecule has 1 aliphatic heterocycles. The molecule has 0 spiro atoms.